The Morgan fingerprint density at radius 3 is 2.44 bits per heavy atom. The minimum atomic E-state index is 0.00822. The van der Waals surface area contributed by atoms with Crippen LogP contribution in [0.2, 0.25) is 0 Å². The minimum Gasteiger partial charge on any atom is -0.348 e. The molecule has 0 aliphatic heterocycles. The Labute approximate surface area is 131 Å². The summed E-state index contributed by atoms with van der Waals surface area (Å²) in [7, 11) is 1.88. The molecule has 2 aromatic rings. The summed E-state index contributed by atoms with van der Waals surface area (Å²) < 4.78 is 4.34. The summed E-state index contributed by atoms with van der Waals surface area (Å²) in [6, 6.07) is 5.66. The summed E-state index contributed by atoms with van der Waals surface area (Å²) in [4.78, 5) is 12.6. The molecule has 0 bridgehead atoms. The Morgan fingerprint density at radius 1 is 1.22 bits per heavy atom. The Hall–Kier alpha value is -0.390. The molecule has 0 aliphatic carbocycles. The molecule has 0 amide bonds. The van der Waals surface area contributed by atoms with Crippen LogP contribution < -0.4 is 0 Å². The highest BCUT2D eigenvalue weighted by Gasteiger charge is 2.19. The number of hydrogen-bond acceptors (Lipinski definition) is 1. The minimum absolute atomic E-state index is 0.00822. The number of benzene rings is 1. The van der Waals surface area contributed by atoms with Crippen LogP contribution in [0.1, 0.15) is 21.6 Å². The molecular weight excluding hydrogens is 426 g/mol. The number of hydrogen-bond donors (Lipinski definition) is 0. The first kappa shape index (κ1) is 14.0. The molecule has 2 nitrogen and oxygen atoms in total. The van der Waals surface area contributed by atoms with Crippen molar-refractivity contribution in [3.8, 4) is 0 Å². The molecule has 0 radical (unpaired) electrons. The maximum Gasteiger partial charge on any atom is 0.210 e. The first-order chi connectivity index (χ1) is 8.41. The molecule has 0 atom stereocenters. The predicted octanol–water partition coefficient (Wildman–Crippen LogP) is 4.85. The Kier molecular flexibility index (Phi) is 4.14. The van der Waals surface area contributed by atoms with Gasteiger partial charge in [-0.2, -0.15) is 0 Å². The van der Waals surface area contributed by atoms with Crippen molar-refractivity contribution in [2.45, 2.75) is 6.92 Å². The number of rotatable bonds is 2. The fraction of sp³-hybridized carbons (Fsp3) is 0.154. The normalized spacial score (nSPS) is 10.7. The lowest BCUT2D eigenvalue weighted by Crippen LogP contribution is -2.09. The Morgan fingerprint density at radius 2 is 1.89 bits per heavy atom. The molecule has 1 aromatic heterocycles. The third kappa shape index (κ3) is 2.49. The lowest BCUT2D eigenvalue weighted by molar-refractivity contribution is 0.103. The van der Waals surface area contributed by atoms with E-state index in [1.165, 1.54) is 0 Å². The van der Waals surface area contributed by atoms with Crippen molar-refractivity contribution in [1.29, 1.82) is 0 Å². The van der Waals surface area contributed by atoms with Crippen LogP contribution in [0.4, 0.5) is 0 Å². The van der Waals surface area contributed by atoms with E-state index in [0.717, 1.165) is 19.0 Å². The van der Waals surface area contributed by atoms with Crippen LogP contribution in [0, 0.1) is 6.92 Å². The van der Waals surface area contributed by atoms with Crippen molar-refractivity contribution in [3.63, 3.8) is 0 Å². The molecular formula is C13H10Br3NO. The largest absolute Gasteiger partial charge is 0.348 e. The van der Waals surface area contributed by atoms with Gasteiger partial charge in [0, 0.05) is 32.2 Å². The van der Waals surface area contributed by atoms with E-state index in [9.17, 15) is 4.79 Å². The predicted molar refractivity (Wildman–Crippen MR) is 83.1 cm³/mol. The summed E-state index contributed by atoms with van der Waals surface area (Å²) >= 11 is 10.3. The third-order valence-electron chi connectivity index (χ3n) is 2.73. The standard InChI is InChI=1S/C13H10Br3NO/c1-7-3-4-17(2)12(7)13(18)9-5-8(14)6-10(15)11(9)16/h3-6H,1-2H3. The highest BCUT2D eigenvalue weighted by molar-refractivity contribution is 9.13. The quantitative estimate of drug-likeness (QED) is 0.488. The van der Waals surface area contributed by atoms with E-state index in [0.29, 0.717) is 11.3 Å². The fourth-order valence-electron chi connectivity index (χ4n) is 1.84. The zero-order valence-corrected chi connectivity index (χ0v) is 14.6. The van der Waals surface area contributed by atoms with Gasteiger partial charge in [-0.15, -0.1) is 0 Å². The van der Waals surface area contributed by atoms with Gasteiger partial charge >= 0.3 is 0 Å². The van der Waals surface area contributed by atoms with E-state index in [-0.39, 0.29) is 5.78 Å². The van der Waals surface area contributed by atoms with Crippen molar-refractivity contribution in [2.24, 2.45) is 7.05 Å². The summed E-state index contributed by atoms with van der Waals surface area (Å²) in [6.07, 6.45) is 1.89. The smallest absolute Gasteiger partial charge is 0.210 e. The summed E-state index contributed by atoms with van der Waals surface area (Å²) in [6.45, 7) is 1.94. The van der Waals surface area contributed by atoms with Crippen molar-refractivity contribution < 1.29 is 4.79 Å². The Balaban J connectivity index is 2.60. The molecule has 1 aromatic carbocycles. The zero-order chi connectivity index (χ0) is 13.4. The van der Waals surface area contributed by atoms with E-state index in [2.05, 4.69) is 47.8 Å². The molecule has 0 spiro atoms. The second kappa shape index (κ2) is 5.31. The third-order valence-corrected chi connectivity index (χ3v) is 5.20. The van der Waals surface area contributed by atoms with E-state index >= 15 is 0 Å². The molecule has 0 saturated heterocycles. The average molecular weight is 436 g/mol. The lowest BCUT2D eigenvalue weighted by Gasteiger charge is -2.09. The number of nitrogens with zero attached hydrogens (tertiary/aromatic N) is 1. The van der Waals surface area contributed by atoms with Gasteiger partial charge < -0.3 is 4.57 Å². The number of aryl methyl sites for hydroxylation is 2. The van der Waals surface area contributed by atoms with Crippen LogP contribution in [0.15, 0.2) is 37.8 Å². The van der Waals surface area contributed by atoms with Gasteiger partial charge in [-0.05, 0) is 62.5 Å². The summed E-state index contributed by atoms with van der Waals surface area (Å²) in [5.41, 5.74) is 2.33. The molecule has 0 saturated carbocycles. The maximum absolute atomic E-state index is 12.6. The first-order valence-electron chi connectivity index (χ1n) is 5.23. The van der Waals surface area contributed by atoms with Crippen LogP contribution in [0.3, 0.4) is 0 Å². The summed E-state index contributed by atoms with van der Waals surface area (Å²) in [5, 5.41) is 0. The number of halogens is 3. The van der Waals surface area contributed by atoms with Crippen molar-refractivity contribution in [2.75, 3.05) is 0 Å². The highest BCUT2D eigenvalue weighted by atomic mass is 79.9. The fourth-order valence-corrected chi connectivity index (χ4v) is 3.48. The molecule has 1 heterocycles. The molecule has 0 aliphatic rings. The topological polar surface area (TPSA) is 22.0 Å². The number of carbonyl (C=O) groups is 1. The summed E-state index contributed by atoms with van der Waals surface area (Å²) in [5.74, 6) is 0.00822. The van der Waals surface area contributed by atoms with Gasteiger partial charge in [0.15, 0.2) is 0 Å². The van der Waals surface area contributed by atoms with Crippen molar-refractivity contribution in [1.82, 2.24) is 4.57 Å². The molecule has 2 rings (SSSR count). The van der Waals surface area contributed by atoms with Crippen molar-refractivity contribution >= 4 is 53.6 Å². The SMILES string of the molecule is Cc1ccn(C)c1C(=O)c1cc(Br)cc(Br)c1Br. The Bertz CT molecular complexity index is 612. The number of ketones is 1. The lowest BCUT2D eigenvalue weighted by atomic mass is 10.1. The number of aromatic nitrogens is 1. The molecule has 5 heteroatoms. The van der Waals surface area contributed by atoms with E-state index in [1.54, 1.807) is 0 Å². The maximum atomic E-state index is 12.6. The molecule has 18 heavy (non-hydrogen) atoms. The van der Waals surface area contributed by atoms with Gasteiger partial charge in [-0.3, -0.25) is 4.79 Å². The monoisotopic (exact) mass is 433 g/mol. The van der Waals surface area contributed by atoms with Crippen LogP contribution in [-0.2, 0) is 7.05 Å². The van der Waals surface area contributed by atoms with Gasteiger partial charge in [0.1, 0.15) is 0 Å². The van der Waals surface area contributed by atoms with Crippen molar-refractivity contribution in [3.05, 3.63) is 54.6 Å². The van der Waals surface area contributed by atoms with Crippen LogP contribution in [0.5, 0.6) is 0 Å². The van der Waals surface area contributed by atoms with Crippen LogP contribution in [0.25, 0.3) is 0 Å². The van der Waals surface area contributed by atoms with Crippen LogP contribution in [-0.4, -0.2) is 10.4 Å². The highest BCUT2D eigenvalue weighted by Crippen LogP contribution is 2.32. The van der Waals surface area contributed by atoms with E-state index < -0.39 is 0 Å². The molecule has 94 valence electrons. The zero-order valence-electron chi connectivity index (χ0n) is 9.80. The molecule has 0 N–H and O–H groups in total. The van der Waals surface area contributed by atoms with Gasteiger partial charge in [0.2, 0.25) is 5.78 Å². The van der Waals surface area contributed by atoms with Gasteiger partial charge in [0.05, 0.1) is 5.69 Å². The van der Waals surface area contributed by atoms with Gasteiger partial charge in [-0.25, -0.2) is 0 Å². The molecule has 0 fully saturated rings. The van der Waals surface area contributed by atoms with Gasteiger partial charge in [-0.1, -0.05) is 15.9 Å². The van der Waals surface area contributed by atoms with E-state index in [4.69, 9.17) is 0 Å². The second-order valence-electron chi connectivity index (χ2n) is 4.04. The van der Waals surface area contributed by atoms with Crippen LogP contribution >= 0.6 is 47.8 Å². The number of carbonyl (C=O) groups excluding carboxylic acids is 1. The van der Waals surface area contributed by atoms with Gasteiger partial charge in [0.25, 0.3) is 0 Å². The molecule has 0 unspecified atom stereocenters. The second-order valence-corrected chi connectivity index (χ2v) is 6.60. The first-order valence-corrected chi connectivity index (χ1v) is 7.61. The average Bonchev–Trinajstić information content (AvgIpc) is 2.63. The van der Waals surface area contributed by atoms with E-state index in [1.807, 2.05) is 42.9 Å².